The molecule has 1 amide bonds. The Balaban J connectivity index is 1.27. The number of hydrogen-bond acceptors (Lipinski definition) is 6. The van der Waals surface area contributed by atoms with Crippen LogP contribution in [0.15, 0.2) is 30.0 Å². The van der Waals surface area contributed by atoms with Crippen molar-refractivity contribution >= 4 is 34.1 Å². The Bertz CT molecular complexity index is 917. The van der Waals surface area contributed by atoms with Gasteiger partial charge in [0.05, 0.1) is 24.7 Å². The summed E-state index contributed by atoms with van der Waals surface area (Å²) in [6, 6.07) is 4.13. The van der Waals surface area contributed by atoms with Crippen LogP contribution in [0.25, 0.3) is 11.0 Å². The average Bonchev–Trinajstić information content (AvgIpc) is 3.42. The van der Waals surface area contributed by atoms with E-state index in [9.17, 15) is 4.79 Å². The van der Waals surface area contributed by atoms with E-state index in [-0.39, 0.29) is 5.91 Å². The molecule has 1 saturated carbocycles. The maximum Gasteiger partial charge on any atom is 0.220 e. The van der Waals surface area contributed by atoms with Crippen LogP contribution < -0.4 is 10.6 Å². The Morgan fingerprint density at radius 1 is 1.24 bits per heavy atom. The van der Waals surface area contributed by atoms with Crippen molar-refractivity contribution in [2.24, 2.45) is 5.92 Å². The number of hydrogen-bond donors (Lipinski definition) is 2. The smallest absolute Gasteiger partial charge is 0.220 e. The van der Waals surface area contributed by atoms with Gasteiger partial charge in [0.15, 0.2) is 5.65 Å². The molecule has 0 unspecified atom stereocenters. The number of fused-ring (bicyclic) bond motifs is 1. The van der Waals surface area contributed by atoms with E-state index in [1.54, 1.807) is 23.9 Å². The van der Waals surface area contributed by atoms with Crippen molar-refractivity contribution in [1.29, 1.82) is 0 Å². The van der Waals surface area contributed by atoms with Crippen LogP contribution in [0.5, 0.6) is 0 Å². The lowest BCUT2D eigenvalue weighted by Gasteiger charge is -2.20. The van der Waals surface area contributed by atoms with Crippen LogP contribution >= 0.6 is 11.3 Å². The summed E-state index contributed by atoms with van der Waals surface area (Å²) < 4.78 is 1.83. The fraction of sp³-hybridized carbons (Fsp3) is 0.524. The van der Waals surface area contributed by atoms with Gasteiger partial charge in [0.1, 0.15) is 12.1 Å². The monoisotopic (exact) mass is 412 g/mol. The van der Waals surface area contributed by atoms with Gasteiger partial charge in [-0.2, -0.15) is 5.10 Å². The predicted octanol–water partition coefficient (Wildman–Crippen LogP) is 3.98. The highest BCUT2D eigenvalue weighted by Crippen LogP contribution is 2.27. The lowest BCUT2D eigenvalue weighted by molar-refractivity contribution is -0.121. The zero-order chi connectivity index (χ0) is 19.9. The van der Waals surface area contributed by atoms with Gasteiger partial charge in [0, 0.05) is 17.8 Å². The SMILES string of the molecule is O=C(CCC1CCCCC1)NCCn1ncc2c(NCc3cccs3)ncnc21. The first kappa shape index (κ1) is 19.8. The van der Waals surface area contributed by atoms with Gasteiger partial charge in [-0.3, -0.25) is 4.79 Å². The van der Waals surface area contributed by atoms with Gasteiger partial charge < -0.3 is 10.6 Å². The molecule has 1 aliphatic carbocycles. The predicted molar refractivity (Wildman–Crippen MR) is 116 cm³/mol. The average molecular weight is 413 g/mol. The molecule has 3 aromatic rings. The van der Waals surface area contributed by atoms with Crippen LogP contribution in [0, 0.1) is 5.92 Å². The summed E-state index contributed by atoms with van der Waals surface area (Å²) in [4.78, 5) is 22.1. The summed E-state index contributed by atoms with van der Waals surface area (Å²) in [7, 11) is 0. The number of aromatic nitrogens is 4. The molecule has 4 rings (SSSR count). The Hall–Kier alpha value is -2.48. The number of nitrogens with zero attached hydrogens (tertiary/aromatic N) is 4. The Morgan fingerprint density at radius 2 is 2.14 bits per heavy atom. The van der Waals surface area contributed by atoms with Crippen molar-refractivity contribution in [2.75, 3.05) is 11.9 Å². The third-order valence-electron chi connectivity index (χ3n) is 5.59. The van der Waals surface area contributed by atoms with E-state index >= 15 is 0 Å². The molecule has 7 nitrogen and oxygen atoms in total. The van der Waals surface area contributed by atoms with Crippen LogP contribution in [-0.4, -0.2) is 32.2 Å². The van der Waals surface area contributed by atoms with Gasteiger partial charge in [0.2, 0.25) is 5.91 Å². The first-order chi connectivity index (χ1) is 14.3. The maximum absolute atomic E-state index is 12.2. The molecule has 0 saturated heterocycles. The molecule has 2 N–H and O–H groups in total. The number of rotatable bonds is 9. The third-order valence-corrected chi connectivity index (χ3v) is 6.47. The molecule has 3 aromatic heterocycles. The minimum Gasteiger partial charge on any atom is -0.364 e. The lowest BCUT2D eigenvalue weighted by atomic mass is 9.86. The molecule has 1 fully saturated rings. The highest BCUT2D eigenvalue weighted by atomic mass is 32.1. The number of thiophene rings is 1. The van der Waals surface area contributed by atoms with E-state index in [0.29, 0.717) is 19.5 Å². The van der Waals surface area contributed by atoms with Gasteiger partial charge in [-0.25, -0.2) is 14.6 Å². The summed E-state index contributed by atoms with van der Waals surface area (Å²) in [5, 5.41) is 13.8. The summed E-state index contributed by atoms with van der Waals surface area (Å²) in [5.41, 5.74) is 0.783. The van der Waals surface area contributed by atoms with Crippen molar-refractivity contribution in [3.05, 3.63) is 34.9 Å². The second kappa shape index (κ2) is 9.82. The van der Waals surface area contributed by atoms with Crippen LogP contribution in [0.2, 0.25) is 0 Å². The number of amides is 1. The van der Waals surface area contributed by atoms with E-state index in [2.05, 4.69) is 37.1 Å². The first-order valence-corrected chi connectivity index (χ1v) is 11.4. The standard InChI is InChI=1S/C21H28N6OS/c28-19(9-8-16-5-2-1-3-6-16)22-10-11-27-21-18(14-26-27)20(24-15-25-21)23-13-17-7-4-12-29-17/h4,7,12,14-16H,1-3,5-6,8-11,13H2,(H,22,28)(H,23,24,25). The quantitative estimate of drug-likeness (QED) is 0.555. The van der Waals surface area contributed by atoms with Gasteiger partial charge in [-0.1, -0.05) is 38.2 Å². The molecule has 3 heterocycles. The van der Waals surface area contributed by atoms with E-state index in [0.717, 1.165) is 35.7 Å². The largest absolute Gasteiger partial charge is 0.364 e. The van der Waals surface area contributed by atoms with Crippen molar-refractivity contribution in [2.45, 2.75) is 58.0 Å². The third kappa shape index (κ3) is 5.32. The molecule has 29 heavy (non-hydrogen) atoms. The van der Waals surface area contributed by atoms with E-state index < -0.39 is 0 Å². The van der Waals surface area contributed by atoms with Crippen molar-refractivity contribution in [3.8, 4) is 0 Å². The van der Waals surface area contributed by atoms with Gasteiger partial charge >= 0.3 is 0 Å². The molecule has 0 aromatic carbocycles. The van der Waals surface area contributed by atoms with Crippen molar-refractivity contribution in [1.82, 2.24) is 25.1 Å². The molecular weight excluding hydrogens is 384 g/mol. The molecular formula is C21H28N6OS. The summed E-state index contributed by atoms with van der Waals surface area (Å²) in [6.45, 7) is 1.88. The Labute approximate surface area is 174 Å². The number of carbonyl (C=O) groups is 1. The number of anilines is 1. The highest BCUT2D eigenvalue weighted by molar-refractivity contribution is 7.09. The summed E-state index contributed by atoms with van der Waals surface area (Å²) >= 11 is 1.71. The second-order valence-corrected chi connectivity index (χ2v) is 8.69. The molecule has 8 heteroatoms. The van der Waals surface area contributed by atoms with Crippen LogP contribution in [0.3, 0.4) is 0 Å². The lowest BCUT2D eigenvalue weighted by Crippen LogP contribution is -2.28. The molecule has 0 bridgehead atoms. The van der Waals surface area contributed by atoms with E-state index in [1.165, 1.54) is 37.0 Å². The minimum absolute atomic E-state index is 0.139. The normalized spacial score (nSPS) is 14.9. The Kier molecular flexibility index (Phi) is 6.71. The fourth-order valence-corrected chi connectivity index (χ4v) is 4.63. The van der Waals surface area contributed by atoms with Crippen LogP contribution in [-0.2, 0) is 17.9 Å². The fourth-order valence-electron chi connectivity index (χ4n) is 3.98. The highest BCUT2D eigenvalue weighted by Gasteiger charge is 2.15. The topological polar surface area (TPSA) is 84.7 Å². The van der Waals surface area contributed by atoms with Crippen LogP contribution in [0.1, 0.15) is 49.8 Å². The van der Waals surface area contributed by atoms with E-state index in [1.807, 2.05) is 10.7 Å². The molecule has 0 radical (unpaired) electrons. The molecule has 0 spiro atoms. The second-order valence-electron chi connectivity index (χ2n) is 7.65. The first-order valence-electron chi connectivity index (χ1n) is 10.5. The van der Waals surface area contributed by atoms with Crippen molar-refractivity contribution < 1.29 is 4.79 Å². The van der Waals surface area contributed by atoms with Gasteiger partial charge in [-0.05, 0) is 23.8 Å². The molecule has 0 atom stereocenters. The van der Waals surface area contributed by atoms with Crippen molar-refractivity contribution in [3.63, 3.8) is 0 Å². The Morgan fingerprint density at radius 3 is 2.97 bits per heavy atom. The zero-order valence-corrected chi connectivity index (χ0v) is 17.5. The van der Waals surface area contributed by atoms with Gasteiger partial charge in [0.25, 0.3) is 0 Å². The molecule has 1 aliphatic rings. The van der Waals surface area contributed by atoms with Gasteiger partial charge in [-0.15, -0.1) is 11.3 Å². The van der Waals surface area contributed by atoms with E-state index in [4.69, 9.17) is 0 Å². The molecule has 154 valence electrons. The summed E-state index contributed by atoms with van der Waals surface area (Å²) in [5.74, 6) is 1.66. The summed E-state index contributed by atoms with van der Waals surface area (Å²) in [6.07, 6.45) is 11.6. The zero-order valence-electron chi connectivity index (χ0n) is 16.6. The number of nitrogens with one attached hydrogen (secondary N) is 2. The molecule has 0 aliphatic heterocycles. The number of carbonyl (C=O) groups excluding carboxylic acids is 1. The minimum atomic E-state index is 0.139. The van der Waals surface area contributed by atoms with Crippen LogP contribution in [0.4, 0.5) is 5.82 Å². The maximum atomic E-state index is 12.2.